The van der Waals surface area contributed by atoms with Gasteiger partial charge in [0, 0.05) is 6.54 Å². The van der Waals surface area contributed by atoms with Crippen molar-refractivity contribution in [1.82, 2.24) is 15.0 Å². The van der Waals surface area contributed by atoms with Gasteiger partial charge in [-0.05, 0) is 25.8 Å². The maximum atomic E-state index is 9.53. The van der Waals surface area contributed by atoms with Crippen molar-refractivity contribution in [3.8, 4) is 0 Å². The summed E-state index contributed by atoms with van der Waals surface area (Å²) in [7, 11) is 0. The van der Waals surface area contributed by atoms with Gasteiger partial charge in [0.25, 0.3) is 5.65 Å². The number of hydrogen-bond donors (Lipinski definition) is 4. The van der Waals surface area contributed by atoms with Crippen LogP contribution in [0.5, 0.6) is 0 Å². The van der Waals surface area contributed by atoms with Gasteiger partial charge in [-0.1, -0.05) is 37.3 Å². The second-order valence-electron chi connectivity index (χ2n) is 6.63. The van der Waals surface area contributed by atoms with Gasteiger partial charge in [0.2, 0.25) is 0 Å². The molecule has 0 saturated heterocycles. The van der Waals surface area contributed by atoms with Crippen LogP contribution in [0.15, 0.2) is 36.7 Å². The van der Waals surface area contributed by atoms with Crippen LogP contribution in [-0.4, -0.2) is 32.7 Å². The van der Waals surface area contributed by atoms with Crippen LogP contribution in [0.2, 0.25) is 0 Å². The van der Waals surface area contributed by atoms with Crippen molar-refractivity contribution < 1.29 is 9.67 Å². The monoisotopic (exact) mass is 355 g/mol. The Hall–Kier alpha value is -2.67. The number of aromatic amines is 1. The number of anilines is 2. The molecule has 2 heterocycles. The quantitative estimate of drug-likeness (QED) is 0.467. The standard InChI is InChI=1S/C19H26N6O/c1-4-15(11-26)23-19-24-16-17(20-10-14-8-6-5-7-9-14)21-12-22-18(16)25(19)13(2)3/h5-9,12-13,15,26H,4,10-11H2,1-3H3,(H2,20,21,22,23,24)/p+1. The van der Waals surface area contributed by atoms with Crippen molar-refractivity contribution in [2.75, 3.05) is 17.2 Å². The van der Waals surface area contributed by atoms with Gasteiger partial charge in [-0.2, -0.15) is 0 Å². The van der Waals surface area contributed by atoms with Crippen LogP contribution in [0.4, 0.5) is 11.8 Å². The van der Waals surface area contributed by atoms with Gasteiger partial charge in [-0.15, -0.1) is 4.98 Å². The predicted molar refractivity (Wildman–Crippen MR) is 103 cm³/mol. The van der Waals surface area contributed by atoms with Crippen LogP contribution >= 0.6 is 0 Å². The van der Waals surface area contributed by atoms with Gasteiger partial charge in [-0.25, -0.2) is 9.55 Å². The lowest BCUT2D eigenvalue weighted by atomic mass is 10.2. The highest BCUT2D eigenvalue weighted by molar-refractivity contribution is 5.81. The van der Waals surface area contributed by atoms with E-state index in [1.807, 2.05) is 25.1 Å². The average Bonchev–Trinajstić information content (AvgIpc) is 3.04. The zero-order valence-electron chi connectivity index (χ0n) is 15.5. The van der Waals surface area contributed by atoms with Crippen LogP contribution in [0.3, 0.4) is 0 Å². The molecular formula is C19H27N6O+. The summed E-state index contributed by atoms with van der Waals surface area (Å²) in [5, 5.41) is 16.3. The Kier molecular flexibility index (Phi) is 5.68. The molecule has 3 rings (SSSR count). The minimum atomic E-state index is -0.0123. The molecule has 7 nitrogen and oxygen atoms in total. The van der Waals surface area contributed by atoms with E-state index in [0.29, 0.717) is 6.54 Å². The number of aliphatic hydroxyl groups excluding tert-OH is 1. The molecule has 0 aliphatic carbocycles. The maximum Gasteiger partial charge on any atom is 0.315 e. The summed E-state index contributed by atoms with van der Waals surface area (Å²) in [6.07, 6.45) is 2.41. The second kappa shape index (κ2) is 8.14. The molecule has 0 aliphatic heterocycles. The zero-order valence-corrected chi connectivity index (χ0v) is 15.5. The van der Waals surface area contributed by atoms with E-state index in [1.165, 1.54) is 5.56 Å². The van der Waals surface area contributed by atoms with Crippen molar-refractivity contribution in [1.29, 1.82) is 0 Å². The summed E-state index contributed by atoms with van der Waals surface area (Å²) in [5.41, 5.74) is 2.88. The Balaban J connectivity index is 1.95. The average molecular weight is 355 g/mol. The fourth-order valence-corrected chi connectivity index (χ4v) is 2.95. The number of imidazole rings is 1. The topological polar surface area (TPSA) is 89.7 Å². The number of rotatable bonds is 8. The van der Waals surface area contributed by atoms with Crippen molar-refractivity contribution in [3.63, 3.8) is 0 Å². The molecule has 0 amide bonds. The molecule has 1 unspecified atom stereocenters. The number of nitrogens with zero attached hydrogens (tertiary/aromatic N) is 3. The lowest BCUT2D eigenvalue weighted by Gasteiger charge is -2.13. The highest BCUT2D eigenvalue weighted by Gasteiger charge is 2.24. The van der Waals surface area contributed by atoms with Crippen LogP contribution < -0.4 is 15.2 Å². The highest BCUT2D eigenvalue weighted by atomic mass is 16.3. The third-order valence-corrected chi connectivity index (χ3v) is 4.41. The summed E-state index contributed by atoms with van der Waals surface area (Å²) in [5.74, 6) is 1.59. The van der Waals surface area contributed by atoms with Crippen molar-refractivity contribution in [2.24, 2.45) is 0 Å². The molecule has 0 bridgehead atoms. The van der Waals surface area contributed by atoms with E-state index in [-0.39, 0.29) is 18.7 Å². The fraction of sp³-hybridized carbons (Fsp3) is 0.421. The molecule has 7 heteroatoms. The van der Waals surface area contributed by atoms with Gasteiger partial charge >= 0.3 is 5.95 Å². The van der Waals surface area contributed by atoms with Gasteiger partial charge in [0.15, 0.2) is 17.7 Å². The van der Waals surface area contributed by atoms with Gasteiger partial charge < -0.3 is 10.4 Å². The molecule has 4 N–H and O–H groups in total. The van der Waals surface area contributed by atoms with E-state index in [1.54, 1.807) is 6.33 Å². The summed E-state index contributed by atoms with van der Waals surface area (Å²) in [6, 6.07) is 10.4. The fourth-order valence-electron chi connectivity index (χ4n) is 2.95. The number of aromatic nitrogens is 4. The molecule has 0 saturated carbocycles. The second-order valence-corrected chi connectivity index (χ2v) is 6.63. The summed E-state index contributed by atoms with van der Waals surface area (Å²) in [4.78, 5) is 12.3. The van der Waals surface area contributed by atoms with E-state index in [4.69, 9.17) is 0 Å². The van der Waals surface area contributed by atoms with Gasteiger partial charge in [0.05, 0.1) is 18.7 Å². The Morgan fingerprint density at radius 2 is 1.96 bits per heavy atom. The number of fused-ring (bicyclic) bond motifs is 1. The Bertz CT molecular complexity index is 842. The molecule has 1 aromatic carbocycles. The van der Waals surface area contributed by atoms with Gasteiger partial charge in [0.1, 0.15) is 0 Å². The summed E-state index contributed by atoms with van der Waals surface area (Å²) < 4.78 is 2.10. The Labute approximate surface area is 153 Å². The zero-order chi connectivity index (χ0) is 18.5. The lowest BCUT2D eigenvalue weighted by Crippen LogP contribution is -2.41. The number of nitrogens with one attached hydrogen (secondary N) is 3. The van der Waals surface area contributed by atoms with Crippen molar-refractivity contribution in [3.05, 3.63) is 42.2 Å². The Morgan fingerprint density at radius 1 is 1.19 bits per heavy atom. The number of benzene rings is 1. The van der Waals surface area contributed by atoms with Crippen LogP contribution in [0.1, 0.15) is 38.8 Å². The molecule has 26 heavy (non-hydrogen) atoms. The van der Waals surface area contributed by atoms with Crippen LogP contribution in [-0.2, 0) is 6.54 Å². The van der Waals surface area contributed by atoms with E-state index < -0.39 is 0 Å². The molecule has 3 aromatic rings. The number of hydrogen-bond acceptors (Lipinski definition) is 5. The first kappa shape index (κ1) is 18.1. The Morgan fingerprint density at radius 3 is 2.62 bits per heavy atom. The number of aliphatic hydroxyl groups is 1. The molecule has 2 aromatic heterocycles. The van der Waals surface area contributed by atoms with E-state index in [2.05, 4.69) is 56.1 Å². The van der Waals surface area contributed by atoms with E-state index in [0.717, 1.165) is 29.4 Å². The summed E-state index contributed by atoms with van der Waals surface area (Å²) >= 11 is 0. The minimum Gasteiger partial charge on any atom is -0.393 e. The van der Waals surface area contributed by atoms with Crippen molar-refractivity contribution >= 4 is 22.9 Å². The molecule has 0 spiro atoms. The first-order valence-electron chi connectivity index (χ1n) is 9.07. The predicted octanol–water partition coefficient (Wildman–Crippen LogP) is 2.62. The van der Waals surface area contributed by atoms with Crippen LogP contribution in [0.25, 0.3) is 11.2 Å². The molecule has 138 valence electrons. The normalized spacial score (nSPS) is 12.5. The molecule has 1 atom stereocenters. The maximum absolute atomic E-state index is 9.53. The first-order chi connectivity index (χ1) is 12.6. The SMILES string of the molecule is CCC(CO)Nc1[nH]c2c(NCc3ccccc3)ncnc2[n+]1C(C)C. The molecule has 0 fully saturated rings. The van der Waals surface area contributed by atoms with E-state index in [9.17, 15) is 5.11 Å². The summed E-state index contributed by atoms with van der Waals surface area (Å²) in [6.45, 7) is 7.03. The van der Waals surface area contributed by atoms with E-state index >= 15 is 0 Å². The third kappa shape index (κ3) is 3.77. The first-order valence-corrected chi connectivity index (χ1v) is 9.07. The third-order valence-electron chi connectivity index (χ3n) is 4.41. The smallest absolute Gasteiger partial charge is 0.315 e. The minimum absolute atomic E-state index is 0.0123. The lowest BCUT2D eigenvalue weighted by molar-refractivity contribution is -0.679. The van der Waals surface area contributed by atoms with Gasteiger partial charge in [-0.3, -0.25) is 10.3 Å². The highest BCUT2D eigenvalue weighted by Crippen LogP contribution is 2.20. The molecule has 0 aliphatic rings. The number of H-pyrrole nitrogens is 1. The molecule has 0 radical (unpaired) electrons. The largest absolute Gasteiger partial charge is 0.393 e. The van der Waals surface area contributed by atoms with Crippen molar-refractivity contribution in [2.45, 2.75) is 45.8 Å². The molecular weight excluding hydrogens is 328 g/mol. The van der Waals surface area contributed by atoms with Crippen LogP contribution in [0, 0.1) is 0 Å².